The molecular weight excluding hydrogens is 493 g/mol. The van der Waals surface area contributed by atoms with Crippen LogP contribution < -0.4 is 5.73 Å². The Labute approximate surface area is 206 Å². The number of rotatable bonds is 5. The molecule has 0 aliphatic heterocycles. The Hall–Kier alpha value is -4.78. The van der Waals surface area contributed by atoms with Crippen LogP contribution in [0.4, 0.5) is 19.0 Å². The summed E-state index contributed by atoms with van der Waals surface area (Å²) in [4.78, 5) is 22.3. The lowest BCUT2D eigenvalue weighted by Crippen LogP contribution is -2.21. The molecule has 1 aromatic carbocycles. The Morgan fingerprint density at radius 3 is 2.51 bits per heavy atom. The molecule has 0 atom stereocenters. The molecule has 0 unspecified atom stereocenters. The molecule has 190 valence electrons. The van der Waals surface area contributed by atoms with Gasteiger partial charge in [0.05, 0.1) is 30.6 Å². The topological polar surface area (TPSA) is 153 Å². The number of benzene rings is 1. The van der Waals surface area contributed by atoms with Gasteiger partial charge in [-0.1, -0.05) is 12.1 Å². The Bertz CT molecular complexity index is 1530. The van der Waals surface area contributed by atoms with Crippen molar-refractivity contribution in [2.24, 2.45) is 0 Å². The number of aliphatic hydroxyl groups is 1. The van der Waals surface area contributed by atoms with Crippen molar-refractivity contribution in [1.29, 1.82) is 0 Å². The third-order valence-electron chi connectivity index (χ3n) is 5.04. The number of fused-ring (bicyclic) bond motifs is 1. The van der Waals surface area contributed by atoms with Gasteiger partial charge in [-0.05, 0) is 30.3 Å². The number of carbonyl (C=O) groups is 1. The van der Waals surface area contributed by atoms with Crippen molar-refractivity contribution >= 4 is 22.9 Å². The molecule has 0 spiro atoms. The number of halogens is 3. The minimum Gasteiger partial charge on any atom is -0.475 e. The van der Waals surface area contributed by atoms with Crippen molar-refractivity contribution in [1.82, 2.24) is 24.7 Å². The SMILES string of the molecule is Nc1ncc(-c2cnn(CCO)c2)cc1-c1nc2cccc(-c3ccccn3)c2o1.O=C(O)C(F)(F)F. The maximum Gasteiger partial charge on any atom is 0.490 e. The molecule has 4 N–H and O–H groups in total. The lowest BCUT2D eigenvalue weighted by atomic mass is 10.1. The zero-order valence-corrected chi connectivity index (χ0v) is 18.9. The summed E-state index contributed by atoms with van der Waals surface area (Å²) >= 11 is 0. The first-order valence-corrected chi connectivity index (χ1v) is 10.7. The standard InChI is InChI=1S/C22H18N6O2.C2HF3O2/c23-21-17(10-14(11-25-21)15-12-26-28(13-15)8-9-29)22-27-19-6-3-4-16(20(19)30-22)18-5-1-2-7-24-18;3-2(4,5)1(6)7/h1-7,10-13,29H,8-9H2,(H2,23,25);(H,6,7). The van der Waals surface area contributed by atoms with Crippen molar-refractivity contribution in [3.63, 3.8) is 0 Å². The molecule has 0 amide bonds. The third kappa shape index (κ3) is 5.73. The van der Waals surface area contributed by atoms with Crippen molar-refractivity contribution < 1.29 is 32.6 Å². The summed E-state index contributed by atoms with van der Waals surface area (Å²) < 4.78 is 39.5. The summed E-state index contributed by atoms with van der Waals surface area (Å²) in [7, 11) is 0. The van der Waals surface area contributed by atoms with Gasteiger partial charge in [-0.3, -0.25) is 9.67 Å². The van der Waals surface area contributed by atoms with E-state index in [1.54, 1.807) is 23.3 Å². The Morgan fingerprint density at radius 1 is 1.05 bits per heavy atom. The Morgan fingerprint density at radius 2 is 1.84 bits per heavy atom. The van der Waals surface area contributed by atoms with Crippen LogP contribution in [-0.2, 0) is 11.3 Å². The number of alkyl halides is 3. The van der Waals surface area contributed by atoms with Crippen LogP contribution in [0.1, 0.15) is 0 Å². The van der Waals surface area contributed by atoms with Gasteiger partial charge in [0, 0.05) is 35.3 Å². The maximum atomic E-state index is 10.6. The molecule has 0 saturated carbocycles. The van der Waals surface area contributed by atoms with Gasteiger partial charge < -0.3 is 20.4 Å². The summed E-state index contributed by atoms with van der Waals surface area (Å²) in [5.41, 5.74) is 11.5. The van der Waals surface area contributed by atoms with Crippen molar-refractivity contribution in [3.8, 4) is 33.8 Å². The van der Waals surface area contributed by atoms with Crippen molar-refractivity contribution in [3.05, 3.63) is 67.3 Å². The average molecular weight is 512 g/mol. The summed E-state index contributed by atoms with van der Waals surface area (Å²) in [5, 5.41) is 20.5. The zero-order chi connectivity index (χ0) is 26.6. The Balaban J connectivity index is 0.000000405. The number of nitrogens with zero attached hydrogens (tertiary/aromatic N) is 5. The number of nitrogen functional groups attached to an aromatic ring is 1. The molecule has 0 radical (unpaired) electrons. The Kier molecular flexibility index (Phi) is 7.15. The largest absolute Gasteiger partial charge is 0.490 e. The zero-order valence-electron chi connectivity index (χ0n) is 18.9. The summed E-state index contributed by atoms with van der Waals surface area (Å²) in [6.07, 6.45) is 1.91. The smallest absolute Gasteiger partial charge is 0.475 e. The number of aliphatic hydroxyl groups excluding tert-OH is 1. The second kappa shape index (κ2) is 10.5. The maximum absolute atomic E-state index is 10.6. The molecule has 0 saturated heterocycles. The first-order valence-electron chi connectivity index (χ1n) is 10.7. The molecule has 4 aromatic heterocycles. The van der Waals surface area contributed by atoms with E-state index in [1.165, 1.54) is 0 Å². The molecule has 5 aromatic rings. The van der Waals surface area contributed by atoms with E-state index in [0.717, 1.165) is 22.4 Å². The van der Waals surface area contributed by atoms with Gasteiger partial charge in [-0.15, -0.1) is 0 Å². The number of anilines is 1. The van der Waals surface area contributed by atoms with Gasteiger partial charge in [0.1, 0.15) is 11.3 Å². The predicted molar refractivity (Wildman–Crippen MR) is 127 cm³/mol. The fourth-order valence-corrected chi connectivity index (χ4v) is 3.33. The first-order chi connectivity index (χ1) is 17.7. The van der Waals surface area contributed by atoms with Crippen LogP contribution in [-0.4, -0.2) is 53.7 Å². The van der Waals surface area contributed by atoms with E-state index in [9.17, 15) is 13.2 Å². The van der Waals surface area contributed by atoms with Crippen LogP contribution in [0.25, 0.3) is 44.9 Å². The highest BCUT2D eigenvalue weighted by atomic mass is 19.4. The van der Waals surface area contributed by atoms with Crippen LogP contribution in [0.15, 0.2) is 71.7 Å². The molecule has 5 rings (SSSR count). The molecular formula is C24H19F3N6O4. The van der Waals surface area contributed by atoms with E-state index in [2.05, 4.69) is 20.1 Å². The summed E-state index contributed by atoms with van der Waals surface area (Å²) in [6.45, 7) is 0.449. The normalized spacial score (nSPS) is 11.2. The molecule has 10 nitrogen and oxygen atoms in total. The van der Waals surface area contributed by atoms with Crippen LogP contribution in [0.5, 0.6) is 0 Å². The average Bonchev–Trinajstić information content (AvgIpc) is 3.52. The minimum atomic E-state index is -5.08. The lowest BCUT2D eigenvalue weighted by Gasteiger charge is -2.04. The molecule has 13 heteroatoms. The minimum absolute atomic E-state index is 0.0217. The van der Waals surface area contributed by atoms with Crippen LogP contribution in [0, 0.1) is 0 Å². The van der Waals surface area contributed by atoms with E-state index >= 15 is 0 Å². The molecule has 4 heterocycles. The molecule has 0 bridgehead atoms. The molecule has 0 aliphatic carbocycles. The monoisotopic (exact) mass is 512 g/mol. The molecule has 37 heavy (non-hydrogen) atoms. The van der Waals surface area contributed by atoms with E-state index in [-0.39, 0.29) is 6.61 Å². The van der Waals surface area contributed by atoms with Crippen LogP contribution in [0.2, 0.25) is 0 Å². The number of pyridine rings is 2. The van der Waals surface area contributed by atoms with Crippen molar-refractivity contribution in [2.45, 2.75) is 12.7 Å². The van der Waals surface area contributed by atoms with Gasteiger partial charge in [0.25, 0.3) is 0 Å². The van der Waals surface area contributed by atoms with Gasteiger partial charge in [-0.2, -0.15) is 18.3 Å². The van der Waals surface area contributed by atoms with E-state index < -0.39 is 12.1 Å². The van der Waals surface area contributed by atoms with Crippen LogP contribution >= 0.6 is 0 Å². The van der Waals surface area contributed by atoms with Gasteiger partial charge in [0.2, 0.25) is 5.89 Å². The number of oxazole rings is 1. The highest BCUT2D eigenvalue weighted by Gasteiger charge is 2.38. The number of carboxylic acids is 1. The number of aromatic nitrogens is 5. The second-order valence-electron chi connectivity index (χ2n) is 7.56. The fraction of sp³-hybridized carbons (Fsp3) is 0.125. The number of carboxylic acid groups (broad SMARTS) is 1. The summed E-state index contributed by atoms with van der Waals surface area (Å²) in [6, 6.07) is 13.4. The number of aliphatic carboxylic acids is 1. The number of hydrogen-bond donors (Lipinski definition) is 3. The first kappa shape index (κ1) is 25.3. The molecule has 0 aliphatic rings. The number of nitrogens with two attached hydrogens (primary N) is 1. The summed E-state index contributed by atoms with van der Waals surface area (Å²) in [5.74, 6) is -2.04. The van der Waals surface area contributed by atoms with E-state index in [1.807, 2.05) is 48.7 Å². The van der Waals surface area contributed by atoms with Crippen LogP contribution in [0.3, 0.4) is 0 Å². The number of para-hydroxylation sites is 1. The third-order valence-corrected chi connectivity index (χ3v) is 5.04. The van der Waals surface area contributed by atoms with E-state index in [4.69, 9.17) is 25.2 Å². The highest BCUT2D eigenvalue weighted by Crippen LogP contribution is 2.34. The van der Waals surface area contributed by atoms with Gasteiger partial charge in [-0.25, -0.2) is 14.8 Å². The van der Waals surface area contributed by atoms with Gasteiger partial charge in [0.15, 0.2) is 5.58 Å². The lowest BCUT2D eigenvalue weighted by molar-refractivity contribution is -0.192. The van der Waals surface area contributed by atoms with E-state index in [0.29, 0.717) is 34.9 Å². The highest BCUT2D eigenvalue weighted by molar-refractivity contribution is 5.91. The molecule has 0 fully saturated rings. The van der Waals surface area contributed by atoms with Crippen molar-refractivity contribution in [2.75, 3.05) is 12.3 Å². The quantitative estimate of drug-likeness (QED) is 0.317. The predicted octanol–water partition coefficient (Wildman–Crippen LogP) is 4.02. The second-order valence-corrected chi connectivity index (χ2v) is 7.56. The van der Waals surface area contributed by atoms with Gasteiger partial charge >= 0.3 is 12.1 Å². The fourth-order valence-electron chi connectivity index (χ4n) is 3.33. The number of hydrogen-bond acceptors (Lipinski definition) is 8.